The zero-order valence-corrected chi connectivity index (χ0v) is 15.5. The first-order valence-corrected chi connectivity index (χ1v) is 8.98. The van der Waals surface area contributed by atoms with Crippen molar-refractivity contribution in [3.8, 4) is 16.9 Å². The van der Waals surface area contributed by atoms with E-state index in [0.717, 1.165) is 28.5 Å². The van der Waals surface area contributed by atoms with Crippen molar-refractivity contribution < 1.29 is 13.5 Å². The number of benzene rings is 3. The highest BCUT2D eigenvalue weighted by molar-refractivity contribution is 5.94. The monoisotopic (exact) mass is 352 g/mol. The minimum atomic E-state index is -3.35. The number of rotatable bonds is 1. The molecule has 0 N–H and O–H groups in total. The molecule has 134 valence electrons. The first kappa shape index (κ1) is 17.0. The maximum Gasteiger partial charge on any atom is 0.427 e. The van der Waals surface area contributed by atoms with Crippen molar-refractivity contribution in [2.24, 2.45) is 0 Å². The Morgan fingerprint density at radius 3 is 2.35 bits per heavy atom. The van der Waals surface area contributed by atoms with Crippen LogP contribution in [0.3, 0.4) is 0 Å². The second-order valence-corrected chi connectivity index (χ2v) is 7.98. The van der Waals surface area contributed by atoms with Gasteiger partial charge >= 0.3 is 6.11 Å². The van der Waals surface area contributed by atoms with E-state index in [1.807, 2.05) is 37.3 Å². The van der Waals surface area contributed by atoms with E-state index in [0.29, 0.717) is 10.9 Å². The summed E-state index contributed by atoms with van der Waals surface area (Å²) in [6.45, 7) is 8.35. The van der Waals surface area contributed by atoms with Gasteiger partial charge in [-0.15, -0.1) is 0 Å². The third-order valence-electron chi connectivity index (χ3n) is 5.16. The molecule has 0 amide bonds. The Bertz CT molecular complexity index is 1010. The molecule has 3 heteroatoms. The van der Waals surface area contributed by atoms with Crippen molar-refractivity contribution in [1.82, 2.24) is 0 Å². The predicted octanol–water partition coefficient (Wildman–Crippen LogP) is 6.81. The van der Waals surface area contributed by atoms with Crippen LogP contribution in [0.15, 0.2) is 48.5 Å². The molecule has 0 saturated heterocycles. The Morgan fingerprint density at radius 1 is 0.923 bits per heavy atom. The van der Waals surface area contributed by atoms with E-state index in [1.54, 1.807) is 18.2 Å². The van der Waals surface area contributed by atoms with Crippen LogP contribution in [-0.4, -0.2) is 0 Å². The third kappa shape index (κ3) is 2.57. The molecule has 1 aliphatic heterocycles. The largest absolute Gasteiger partial charge is 0.428 e. The lowest BCUT2D eigenvalue weighted by molar-refractivity contribution is -0.185. The van der Waals surface area contributed by atoms with Crippen molar-refractivity contribution >= 4 is 10.8 Å². The van der Waals surface area contributed by atoms with Crippen molar-refractivity contribution in [2.45, 2.75) is 45.6 Å². The maximum atomic E-state index is 15.0. The molecule has 4 rings (SSSR count). The van der Waals surface area contributed by atoms with Crippen LogP contribution >= 0.6 is 0 Å². The van der Waals surface area contributed by atoms with Crippen LogP contribution in [-0.2, 0) is 17.9 Å². The van der Waals surface area contributed by atoms with Crippen molar-refractivity contribution in [1.29, 1.82) is 0 Å². The molecule has 0 bridgehead atoms. The number of aryl methyl sites for hydroxylation is 1. The van der Waals surface area contributed by atoms with Crippen molar-refractivity contribution in [3.63, 3.8) is 0 Å². The van der Waals surface area contributed by atoms with Crippen LogP contribution in [0.2, 0.25) is 0 Å². The summed E-state index contributed by atoms with van der Waals surface area (Å²) in [5.74, 6) is 0.257. The van der Waals surface area contributed by atoms with Gasteiger partial charge in [0.25, 0.3) is 0 Å². The second-order valence-electron chi connectivity index (χ2n) is 7.98. The van der Waals surface area contributed by atoms with E-state index < -0.39 is 6.11 Å². The minimum Gasteiger partial charge on any atom is -0.428 e. The third-order valence-corrected chi connectivity index (χ3v) is 5.16. The SMILES string of the molecule is CCc1ccc2c(c1)OC(F)(F)c1c-2ccc2cc(C(C)(C)C)ccc12. The standard InChI is InChI=1S/C23H22F2O/c1-5-14-6-9-18-19-10-7-15-13-16(22(2,3)4)8-11-17(15)21(19)23(24,25)26-20(18)12-14/h6-13H,5H2,1-4H3. The van der Waals surface area contributed by atoms with E-state index in [2.05, 4.69) is 20.8 Å². The molecule has 1 heterocycles. The smallest absolute Gasteiger partial charge is 0.427 e. The van der Waals surface area contributed by atoms with Gasteiger partial charge in [-0.2, -0.15) is 8.78 Å². The van der Waals surface area contributed by atoms with Gasteiger partial charge in [0.1, 0.15) is 5.75 Å². The van der Waals surface area contributed by atoms with E-state index in [4.69, 9.17) is 4.74 Å². The molecule has 1 nitrogen and oxygen atoms in total. The van der Waals surface area contributed by atoms with Crippen molar-refractivity contribution in [2.75, 3.05) is 0 Å². The molecule has 0 atom stereocenters. The zero-order chi connectivity index (χ0) is 18.7. The Kier molecular flexibility index (Phi) is 3.62. The highest BCUT2D eigenvalue weighted by atomic mass is 19.3. The summed E-state index contributed by atoms with van der Waals surface area (Å²) < 4.78 is 35.1. The van der Waals surface area contributed by atoms with E-state index in [9.17, 15) is 8.78 Å². The molecule has 0 fully saturated rings. The summed E-state index contributed by atoms with van der Waals surface area (Å²) in [7, 11) is 0. The Labute approximate surface area is 152 Å². The predicted molar refractivity (Wildman–Crippen MR) is 102 cm³/mol. The summed E-state index contributed by atoms with van der Waals surface area (Å²) >= 11 is 0. The number of hydrogen-bond acceptors (Lipinski definition) is 1. The van der Waals surface area contributed by atoms with E-state index in [-0.39, 0.29) is 16.7 Å². The molecule has 3 aromatic carbocycles. The molecule has 0 saturated carbocycles. The van der Waals surface area contributed by atoms with Gasteiger partial charge in [-0.3, -0.25) is 0 Å². The molecule has 3 aromatic rings. The number of fused-ring (bicyclic) bond motifs is 5. The summed E-state index contributed by atoms with van der Waals surface area (Å²) in [5.41, 5.74) is 3.32. The lowest BCUT2D eigenvalue weighted by Gasteiger charge is -2.30. The quantitative estimate of drug-likeness (QED) is 0.467. The van der Waals surface area contributed by atoms with Gasteiger partial charge in [-0.05, 0) is 45.4 Å². The van der Waals surface area contributed by atoms with E-state index >= 15 is 0 Å². The van der Waals surface area contributed by atoms with Gasteiger partial charge in [0.15, 0.2) is 0 Å². The van der Waals surface area contributed by atoms with Crippen LogP contribution in [0, 0.1) is 0 Å². The van der Waals surface area contributed by atoms with Crippen LogP contribution in [0.25, 0.3) is 21.9 Å². The Balaban J connectivity index is 1.99. The topological polar surface area (TPSA) is 9.23 Å². The molecule has 0 aliphatic carbocycles. The van der Waals surface area contributed by atoms with Crippen LogP contribution in [0.5, 0.6) is 5.75 Å². The molecule has 0 radical (unpaired) electrons. The number of alkyl halides is 2. The summed E-state index contributed by atoms with van der Waals surface area (Å²) in [4.78, 5) is 0. The van der Waals surface area contributed by atoms with Gasteiger partial charge in [-0.1, -0.05) is 70.2 Å². The van der Waals surface area contributed by atoms with Gasteiger partial charge < -0.3 is 4.74 Å². The molecule has 0 spiro atoms. The highest BCUT2D eigenvalue weighted by Gasteiger charge is 2.43. The fourth-order valence-corrected chi connectivity index (χ4v) is 3.62. The van der Waals surface area contributed by atoms with Crippen molar-refractivity contribution in [3.05, 3.63) is 65.2 Å². The van der Waals surface area contributed by atoms with E-state index in [1.165, 1.54) is 0 Å². The first-order chi connectivity index (χ1) is 12.2. The summed E-state index contributed by atoms with van der Waals surface area (Å²) in [6, 6.07) is 15.1. The van der Waals surface area contributed by atoms with Crippen LogP contribution in [0.1, 0.15) is 44.4 Å². The maximum absolute atomic E-state index is 15.0. The second kappa shape index (κ2) is 5.54. The number of ether oxygens (including phenoxy) is 1. The average Bonchev–Trinajstić information content (AvgIpc) is 2.58. The minimum absolute atomic E-state index is 0.0350. The lowest BCUT2D eigenvalue weighted by Crippen LogP contribution is -2.27. The van der Waals surface area contributed by atoms with Gasteiger partial charge in [0.05, 0.1) is 5.56 Å². The van der Waals surface area contributed by atoms with Gasteiger partial charge in [0.2, 0.25) is 0 Å². The van der Waals surface area contributed by atoms with Crippen LogP contribution in [0.4, 0.5) is 8.78 Å². The molecule has 1 aliphatic rings. The zero-order valence-electron chi connectivity index (χ0n) is 15.5. The summed E-state index contributed by atoms with van der Waals surface area (Å²) in [5, 5.41) is 1.36. The fraction of sp³-hybridized carbons (Fsp3) is 0.304. The number of hydrogen-bond donors (Lipinski definition) is 0. The normalized spacial score (nSPS) is 15.3. The Morgan fingerprint density at radius 2 is 1.65 bits per heavy atom. The molecular formula is C23H22F2O. The number of halogens is 2. The highest BCUT2D eigenvalue weighted by Crippen LogP contribution is 2.50. The molecule has 0 unspecified atom stereocenters. The van der Waals surface area contributed by atoms with Gasteiger partial charge in [0, 0.05) is 5.56 Å². The van der Waals surface area contributed by atoms with Gasteiger partial charge in [-0.25, -0.2) is 0 Å². The molecule has 0 aromatic heterocycles. The lowest BCUT2D eigenvalue weighted by atomic mass is 9.84. The molecular weight excluding hydrogens is 330 g/mol. The summed E-state index contributed by atoms with van der Waals surface area (Å²) in [6.07, 6.45) is -2.57. The average molecular weight is 352 g/mol. The molecule has 26 heavy (non-hydrogen) atoms. The Hall–Kier alpha value is -2.42. The first-order valence-electron chi connectivity index (χ1n) is 8.98. The van der Waals surface area contributed by atoms with Crippen LogP contribution < -0.4 is 4.74 Å². The fourth-order valence-electron chi connectivity index (χ4n) is 3.62.